The number of amides is 2. The summed E-state index contributed by atoms with van der Waals surface area (Å²) in [5.74, 6) is 0.256. The van der Waals surface area contributed by atoms with Gasteiger partial charge in [-0.1, -0.05) is 30.0 Å². The van der Waals surface area contributed by atoms with Crippen LogP contribution in [0.5, 0.6) is 0 Å². The third kappa shape index (κ3) is 5.74. The van der Waals surface area contributed by atoms with E-state index in [2.05, 4.69) is 32.5 Å². The van der Waals surface area contributed by atoms with Crippen LogP contribution < -0.4 is 10.2 Å². The predicted octanol–water partition coefficient (Wildman–Crippen LogP) is 2.81. The van der Waals surface area contributed by atoms with E-state index in [0.29, 0.717) is 36.2 Å². The number of nitrogens with zero attached hydrogens (tertiary/aromatic N) is 5. The zero-order valence-electron chi connectivity index (χ0n) is 19.0. The number of nitrogens with one attached hydrogen (secondary N) is 1. The second kappa shape index (κ2) is 11.1. The number of carbonyl (C=O) groups is 2. The summed E-state index contributed by atoms with van der Waals surface area (Å²) in [7, 11) is 0. The number of benzene rings is 2. The summed E-state index contributed by atoms with van der Waals surface area (Å²) in [5.41, 5.74) is 1.55. The minimum atomic E-state index is -0.392. The fourth-order valence-electron chi connectivity index (χ4n) is 3.81. The molecule has 10 heteroatoms. The molecule has 1 aromatic heterocycles. The monoisotopic (exact) mass is 482 g/mol. The van der Waals surface area contributed by atoms with E-state index < -0.39 is 5.82 Å². The van der Waals surface area contributed by atoms with Crippen molar-refractivity contribution in [2.24, 2.45) is 0 Å². The maximum atomic E-state index is 13.1. The highest BCUT2D eigenvalue weighted by Gasteiger charge is 2.22. The third-order valence-electron chi connectivity index (χ3n) is 5.70. The molecule has 1 aliphatic rings. The molecule has 2 amide bonds. The molecule has 0 spiro atoms. The van der Waals surface area contributed by atoms with Crippen LogP contribution in [0, 0.1) is 5.82 Å². The first-order valence-corrected chi connectivity index (χ1v) is 12.2. The van der Waals surface area contributed by atoms with Gasteiger partial charge in [0.2, 0.25) is 5.91 Å². The zero-order chi connectivity index (χ0) is 23.9. The van der Waals surface area contributed by atoms with E-state index in [0.717, 1.165) is 13.1 Å². The molecule has 0 aliphatic carbocycles. The van der Waals surface area contributed by atoms with Gasteiger partial charge in [-0.2, -0.15) is 0 Å². The van der Waals surface area contributed by atoms with Gasteiger partial charge in [0.25, 0.3) is 5.91 Å². The highest BCUT2D eigenvalue weighted by atomic mass is 32.2. The van der Waals surface area contributed by atoms with E-state index in [1.165, 1.54) is 41.7 Å². The Morgan fingerprint density at radius 3 is 2.38 bits per heavy atom. The molecule has 3 aromatic rings. The topological polar surface area (TPSA) is 83.4 Å². The molecule has 0 bridgehead atoms. The van der Waals surface area contributed by atoms with Crippen LogP contribution in [0.1, 0.15) is 23.1 Å². The molecule has 1 fully saturated rings. The molecule has 4 rings (SSSR count). The van der Waals surface area contributed by atoms with Crippen LogP contribution in [0.15, 0.2) is 59.8 Å². The predicted molar refractivity (Wildman–Crippen MR) is 129 cm³/mol. The highest BCUT2D eigenvalue weighted by Crippen LogP contribution is 2.20. The Kier molecular flexibility index (Phi) is 7.79. The Morgan fingerprint density at radius 1 is 1.00 bits per heavy atom. The highest BCUT2D eigenvalue weighted by molar-refractivity contribution is 7.99. The van der Waals surface area contributed by atoms with Crippen LogP contribution in [-0.4, -0.2) is 63.4 Å². The molecule has 0 unspecified atom stereocenters. The van der Waals surface area contributed by atoms with Crippen molar-refractivity contribution in [2.75, 3.05) is 36.8 Å². The van der Waals surface area contributed by atoms with Crippen LogP contribution in [0.4, 0.5) is 10.1 Å². The minimum Gasteiger partial charge on any atom is -0.368 e. The number of thioether (sulfide) groups is 1. The number of aromatic nitrogens is 3. The number of anilines is 1. The van der Waals surface area contributed by atoms with Crippen LogP contribution in [0.2, 0.25) is 0 Å². The summed E-state index contributed by atoms with van der Waals surface area (Å²) >= 11 is 1.35. The normalized spacial score (nSPS) is 13.7. The summed E-state index contributed by atoms with van der Waals surface area (Å²) in [6.07, 6.45) is 0. The Bertz CT molecular complexity index is 1110. The van der Waals surface area contributed by atoms with E-state index in [4.69, 9.17) is 0 Å². The lowest BCUT2D eigenvalue weighted by Gasteiger charge is -2.36. The Labute approximate surface area is 202 Å². The minimum absolute atomic E-state index is 0.0783. The summed E-state index contributed by atoms with van der Waals surface area (Å²) in [4.78, 5) is 29.2. The first-order chi connectivity index (χ1) is 16.5. The molecular formula is C24H27FN6O2S. The number of halogens is 1. The van der Waals surface area contributed by atoms with Crippen molar-refractivity contribution in [3.63, 3.8) is 0 Å². The Hall–Kier alpha value is -3.40. The van der Waals surface area contributed by atoms with E-state index in [1.54, 1.807) is 0 Å². The second-order valence-electron chi connectivity index (χ2n) is 7.82. The van der Waals surface area contributed by atoms with Crippen molar-refractivity contribution < 1.29 is 14.0 Å². The van der Waals surface area contributed by atoms with Gasteiger partial charge in [-0.15, -0.1) is 10.2 Å². The molecule has 1 saturated heterocycles. The van der Waals surface area contributed by atoms with Gasteiger partial charge in [-0.3, -0.25) is 9.59 Å². The average Bonchev–Trinajstić information content (AvgIpc) is 3.28. The first kappa shape index (κ1) is 23.7. The number of hydrogen-bond acceptors (Lipinski definition) is 6. The van der Waals surface area contributed by atoms with E-state index >= 15 is 0 Å². The summed E-state index contributed by atoms with van der Waals surface area (Å²) in [5, 5.41) is 11.8. The standard InChI is InChI=1S/C24H27FN6O2S/c1-2-31-21(16-26-23(33)18-8-10-19(25)11-9-18)27-28-24(31)34-17-22(32)30-14-12-29(13-15-30)20-6-4-3-5-7-20/h3-11H,2,12-17H2,1H3,(H,26,33). The average molecular weight is 483 g/mol. The molecule has 1 N–H and O–H groups in total. The maximum absolute atomic E-state index is 13.1. The van der Waals surface area contributed by atoms with Gasteiger partial charge >= 0.3 is 0 Å². The number of hydrogen-bond donors (Lipinski definition) is 1. The van der Waals surface area contributed by atoms with Crippen LogP contribution >= 0.6 is 11.8 Å². The lowest BCUT2D eigenvalue weighted by atomic mass is 10.2. The molecule has 1 aliphatic heterocycles. The smallest absolute Gasteiger partial charge is 0.251 e. The molecule has 0 atom stereocenters. The van der Waals surface area contributed by atoms with E-state index in [9.17, 15) is 14.0 Å². The van der Waals surface area contributed by atoms with Crippen molar-refractivity contribution in [2.45, 2.75) is 25.2 Å². The number of rotatable bonds is 8. The molecule has 8 nitrogen and oxygen atoms in total. The molecule has 2 heterocycles. The van der Waals surface area contributed by atoms with E-state index in [-0.39, 0.29) is 24.1 Å². The van der Waals surface area contributed by atoms with Gasteiger partial charge in [0.1, 0.15) is 5.82 Å². The van der Waals surface area contributed by atoms with Crippen LogP contribution in [0.3, 0.4) is 0 Å². The van der Waals surface area contributed by atoms with Crippen molar-refractivity contribution in [3.05, 3.63) is 71.8 Å². The second-order valence-corrected chi connectivity index (χ2v) is 8.77. The SMILES string of the molecule is CCn1c(CNC(=O)c2ccc(F)cc2)nnc1SCC(=O)N1CCN(c2ccccc2)CC1. The Balaban J connectivity index is 1.27. The summed E-state index contributed by atoms with van der Waals surface area (Å²) < 4.78 is 14.9. The fraction of sp³-hybridized carbons (Fsp3) is 0.333. The largest absolute Gasteiger partial charge is 0.368 e. The lowest BCUT2D eigenvalue weighted by molar-refractivity contribution is -0.128. The van der Waals surface area contributed by atoms with Gasteiger partial charge in [0.15, 0.2) is 11.0 Å². The van der Waals surface area contributed by atoms with Gasteiger partial charge in [-0.05, 0) is 43.3 Å². The first-order valence-electron chi connectivity index (χ1n) is 11.2. The van der Waals surface area contributed by atoms with Crippen LogP contribution in [0.25, 0.3) is 0 Å². The van der Waals surface area contributed by atoms with Gasteiger partial charge in [0.05, 0.1) is 12.3 Å². The van der Waals surface area contributed by atoms with Crippen molar-refractivity contribution >= 4 is 29.3 Å². The lowest BCUT2D eigenvalue weighted by Crippen LogP contribution is -2.49. The maximum Gasteiger partial charge on any atom is 0.251 e. The van der Waals surface area contributed by atoms with Crippen molar-refractivity contribution in [3.8, 4) is 0 Å². The zero-order valence-corrected chi connectivity index (χ0v) is 19.8. The third-order valence-corrected chi connectivity index (χ3v) is 6.65. The number of carbonyl (C=O) groups excluding carboxylic acids is 2. The molecule has 2 aromatic carbocycles. The van der Waals surface area contributed by atoms with Crippen LogP contribution in [-0.2, 0) is 17.9 Å². The van der Waals surface area contributed by atoms with Crippen molar-refractivity contribution in [1.29, 1.82) is 0 Å². The quantitative estimate of drug-likeness (QED) is 0.497. The van der Waals surface area contributed by atoms with Gasteiger partial charge < -0.3 is 19.7 Å². The molecule has 0 radical (unpaired) electrons. The Morgan fingerprint density at radius 2 is 1.71 bits per heavy atom. The van der Waals surface area contributed by atoms with Gasteiger partial charge in [-0.25, -0.2) is 4.39 Å². The molecule has 0 saturated carbocycles. The molecule has 178 valence electrons. The van der Waals surface area contributed by atoms with E-state index in [1.807, 2.05) is 34.6 Å². The van der Waals surface area contributed by atoms with Crippen molar-refractivity contribution in [1.82, 2.24) is 25.0 Å². The van der Waals surface area contributed by atoms with Gasteiger partial charge in [0, 0.05) is 44.0 Å². The summed E-state index contributed by atoms with van der Waals surface area (Å²) in [6.45, 7) is 5.76. The molecule has 34 heavy (non-hydrogen) atoms. The fourth-order valence-corrected chi connectivity index (χ4v) is 4.73. The number of para-hydroxylation sites is 1. The summed E-state index contributed by atoms with van der Waals surface area (Å²) in [6, 6.07) is 15.6. The molecular weight excluding hydrogens is 455 g/mol. The number of piperazine rings is 1.